The van der Waals surface area contributed by atoms with Gasteiger partial charge in [0.05, 0.1) is 5.56 Å². The van der Waals surface area contributed by atoms with Crippen molar-refractivity contribution in [2.24, 2.45) is 0 Å². The molecule has 31 heavy (non-hydrogen) atoms. The molecule has 2 aromatic rings. The average Bonchev–Trinajstić information content (AvgIpc) is 3.03. The van der Waals surface area contributed by atoms with Crippen LogP contribution in [0.2, 0.25) is 5.02 Å². The van der Waals surface area contributed by atoms with Crippen molar-refractivity contribution in [3.05, 3.63) is 58.4 Å². The van der Waals surface area contributed by atoms with E-state index in [4.69, 9.17) is 25.8 Å². The molecule has 5 nitrogen and oxygen atoms in total. The van der Waals surface area contributed by atoms with Crippen LogP contribution in [-0.4, -0.2) is 29.7 Å². The van der Waals surface area contributed by atoms with Gasteiger partial charge in [-0.15, -0.1) is 0 Å². The molecule has 2 aromatic carbocycles. The number of likely N-dealkylation sites (tertiary alicyclic amines) is 1. The predicted octanol–water partition coefficient (Wildman–Crippen LogP) is 6.24. The fourth-order valence-corrected chi connectivity index (χ4v) is 4.30. The van der Waals surface area contributed by atoms with Crippen LogP contribution >= 0.6 is 11.6 Å². The number of halogens is 2. The SMILES string of the molecule is CC(C)(C)OC(=O)N1CCC(c2cccc3c2O[C@](C)(c2ccc(Cl)cc2F)O3)CC1. The van der Waals surface area contributed by atoms with Gasteiger partial charge >= 0.3 is 6.09 Å². The molecule has 2 heterocycles. The van der Waals surface area contributed by atoms with Crippen molar-refractivity contribution in [2.45, 2.75) is 57.8 Å². The van der Waals surface area contributed by atoms with Crippen LogP contribution in [0.4, 0.5) is 9.18 Å². The molecule has 2 aliphatic rings. The van der Waals surface area contributed by atoms with E-state index in [9.17, 15) is 9.18 Å². The fourth-order valence-electron chi connectivity index (χ4n) is 4.14. The van der Waals surface area contributed by atoms with Crippen LogP contribution < -0.4 is 9.47 Å². The summed E-state index contributed by atoms with van der Waals surface area (Å²) in [4.78, 5) is 14.1. The van der Waals surface area contributed by atoms with Gasteiger partial charge in [-0.25, -0.2) is 9.18 Å². The van der Waals surface area contributed by atoms with Gasteiger partial charge < -0.3 is 19.1 Å². The summed E-state index contributed by atoms with van der Waals surface area (Å²) in [7, 11) is 0. The highest BCUT2D eigenvalue weighted by Crippen LogP contribution is 2.49. The smallest absolute Gasteiger partial charge is 0.410 e. The van der Waals surface area contributed by atoms with Crippen molar-refractivity contribution in [3.63, 3.8) is 0 Å². The lowest BCUT2D eigenvalue weighted by molar-refractivity contribution is -0.0711. The lowest BCUT2D eigenvalue weighted by Crippen LogP contribution is -2.41. The summed E-state index contributed by atoms with van der Waals surface area (Å²) in [6, 6.07) is 10.2. The summed E-state index contributed by atoms with van der Waals surface area (Å²) in [5, 5.41) is 0.317. The Kier molecular flexibility index (Phi) is 5.54. The Morgan fingerprint density at radius 2 is 1.90 bits per heavy atom. The maximum Gasteiger partial charge on any atom is 0.410 e. The number of hydrogen-bond acceptors (Lipinski definition) is 4. The van der Waals surface area contributed by atoms with Crippen LogP contribution in [0.25, 0.3) is 0 Å². The van der Waals surface area contributed by atoms with E-state index in [2.05, 4.69) is 0 Å². The van der Waals surface area contributed by atoms with Gasteiger partial charge in [0.1, 0.15) is 11.4 Å². The van der Waals surface area contributed by atoms with Crippen molar-refractivity contribution in [3.8, 4) is 11.5 Å². The number of rotatable bonds is 2. The summed E-state index contributed by atoms with van der Waals surface area (Å²) >= 11 is 5.90. The monoisotopic (exact) mass is 447 g/mol. The number of piperidine rings is 1. The van der Waals surface area contributed by atoms with E-state index in [1.54, 1.807) is 24.0 Å². The number of para-hydroxylation sites is 1. The number of carbonyl (C=O) groups excluding carboxylic acids is 1. The minimum absolute atomic E-state index is 0.203. The molecule has 2 aliphatic heterocycles. The lowest BCUT2D eigenvalue weighted by Gasteiger charge is -2.34. The molecule has 7 heteroatoms. The van der Waals surface area contributed by atoms with Gasteiger partial charge in [0, 0.05) is 30.6 Å². The second-order valence-corrected chi connectivity index (χ2v) is 9.63. The number of benzene rings is 2. The number of amides is 1. The van der Waals surface area contributed by atoms with Gasteiger partial charge in [-0.2, -0.15) is 0 Å². The highest BCUT2D eigenvalue weighted by molar-refractivity contribution is 6.30. The second kappa shape index (κ2) is 7.90. The molecule has 0 saturated carbocycles. The summed E-state index contributed by atoms with van der Waals surface area (Å²) in [6.07, 6.45) is 1.28. The van der Waals surface area contributed by atoms with Crippen molar-refractivity contribution in [1.29, 1.82) is 0 Å². The molecule has 1 atom stereocenters. The number of nitrogens with zero attached hydrogens (tertiary/aromatic N) is 1. The maximum absolute atomic E-state index is 14.6. The topological polar surface area (TPSA) is 48.0 Å². The molecule has 1 amide bonds. The number of hydrogen-bond donors (Lipinski definition) is 0. The Morgan fingerprint density at radius 3 is 2.55 bits per heavy atom. The molecular weight excluding hydrogens is 421 g/mol. The molecule has 0 spiro atoms. The first-order chi connectivity index (χ1) is 14.6. The molecule has 0 N–H and O–H groups in total. The van der Waals surface area contributed by atoms with E-state index in [1.807, 2.05) is 39.0 Å². The van der Waals surface area contributed by atoms with Gasteiger partial charge in [0.2, 0.25) is 0 Å². The van der Waals surface area contributed by atoms with E-state index >= 15 is 0 Å². The third-order valence-corrected chi connectivity index (χ3v) is 5.85. The van der Waals surface area contributed by atoms with Crippen LogP contribution in [0.5, 0.6) is 11.5 Å². The molecule has 0 radical (unpaired) electrons. The minimum Gasteiger partial charge on any atom is -0.444 e. The number of fused-ring (bicyclic) bond motifs is 1. The number of carbonyl (C=O) groups is 1. The van der Waals surface area contributed by atoms with Crippen molar-refractivity contribution in [2.75, 3.05) is 13.1 Å². The zero-order valence-corrected chi connectivity index (χ0v) is 19.0. The van der Waals surface area contributed by atoms with Crippen molar-refractivity contribution in [1.82, 2.24) is 4.90 Å². The van der Waals surface area contributed by atoms with Gasteiger partial charge in [-0.3, -0.25) is 0 Å². The molecule has 4 rings (SSSR count). The standard InChI is InChI=1S/C24H27ClFNO4/c1-23(2,3)31-22(28)27-12-10-15(11-13-27)17-6-5-7-20-21(17)30-24(4,29-20)18-9-8-16(25)14-19(18)26/h5-9,14-15H,10-13H2,1-4H3/t24-/m1/s1. The van der Waals surface area contributed by atoms with Crippen LogP contribution in [0.15, 0.2) is 36.4 Å². The minimum atomic E-state index is -1.27. The van der Waals surface area contributed by atoms with Gasteiger partial charge in [0.15, 0.2) is 11.5 Å². The van der Waals surface area contributed by atoms with Crippen LogP contribution in [0.3, 0.4) is 0 Å². The molecule has 1 fully saturated rings. The van der Waals surface area contributed by atoms with Crippen LogP contribution in [0.1, 0.15) is 57.6 Å². The number of ether oxygens (including phenoxy) is 3. The Bertz CT molecular complexity index is 998. The van der Waals surface area contributed by atoms with E-state index in [-0.39, 0.29) is 12.0 Å². The average molecular weight is 448 g/mol. The molecule has 0 unspecified atom stereocenters. The Balaban J connectivity index is 1.51. The molecule has 0 bridgehead atoms. The van der Waals surface area contributed by atoms with E-state index in [1.165, 1.54) is 6.07 Å². The molecule has 1 saturated heterocycles. The summed E-state index contributed by atoms with van der Waals surface area (Å²) in [5.41, 5.74) is 0.791. The van der Waals surface area contributed by atoms with E-state index in [0.29, 0.717) is 35.2 Å². The Hall–Kier alpha value is -2.47. The highest BCUT2D eigenvalue weighted by atomic mass is 35.5. The summed E-state index contributed by atoms with van der Waals surface area (Å²) < 4.78 is 32.3. The van der Waals surface area contributed by atoms with Gasteiger partial charge in [0.25, 0.3) is 5.79 Å². The van der Waals surface area contributed by atoms with Gasteiger partial charge in [-0.05, 0) is 63.8 Å². The van der Waals surface area contributed by atoms with Crippen LogP contribution in [0, 0.1) is 5.82 Å². The summed E-state index contributed by atoms with van der Waals surface area (Å²) in [5.74, 6) is -0.326. The van der Waals surface area contributed by atoms with E-state index < -0.39 is 17.2 Å². The second-order valence-electron chi connectivity index (χ2n) is 9.19. The molecule has 0 aromatic heterocycles. The fraction of sp³-hybridized carbons (Fsp3) is 0.458. The third-order valence-electron chi connectivity index (χ3n) is 5.62. The first kappa shape index (κ1) is 21.8. The van der Waals surface area contributed by atoms with Gasteiger partial charge in [-0.1, -0.05) is 23.7 Å². The van der Waals surface area contributed by atoms with Crippen LogP contribution in [-0.2, 0) is 10.5 Å². The zero-order chi connectivity index (χ0) is 22.4. The van der Waals surface area contributed by atoms with Crippen molar-refractivity contribution >= 4 is 17.7 Å². The molecule has 0 aliphatic carbocycles. The maximum atomic E-state index is 14.6. The highest BCUT2D eigenvalue weighted by Gasteiger charge is 2.43. The third kappa shape index (κ3) is 4.45. The van der Waals surface area contributed by atoms with Crippen molar-refractivity contribution < 1.29 is 23.4 Å². The largest absolute Gasteiger partial charge is 0.444 e. The lowest BCUT2D eigenvalue weighted by atomic mass is 9.89. The first-order valence-corrected chi connectivity index (χ1v) is 10.9. The van der Waals surface area contributed by atoms with E-state index in [0.717, 1.165) is 18.4 Å². The molecule has 166 valence electrons. The normalized spacial score (nSPS) is 21.3. The predicted molar refractivity (Wildman–Crippen MR) is 116 cm³/mol. The Labute approximate surface area is 187 Å². The molecular formula is C24H27ClFNO4. The zero-order valence-electron chi connectivity index (χ0n) is 18.2. The summed E-state index contributed by atoms with van der Waals surface area (Å²) in [6.45, 7) is 8.50. The first-order valence-electron chi connectivity index (χ1n) is 10.5. The quantitative estimate of drug-likeness (QED) is 0.546. The Morgan fingerprint density at radius 1 is 1.19 bits per heavy atom.